The van der Waals surface area contributed by atoms with Gasteiger partial charge in [-0.1, -0.05) is 156 Å². The summed E-state index contributed by atoms with van der Waals surface area (Å²) < 4.78 is 69.7. The highest BCUT2D eigenvalue weighted by atomic mass is 35.5. The molecule has 6 aliphatic rings. The van der Waals surface area contributed by atoms with Crippen LogP contribution in [-0.4, -0.2) is 195 Å². The first-order valence-corrected chi connectivity index (χ1v) is 50.0. The van der Waals surface area contributed by atoms with Gasteiger partial charge in [0.05, 0.1) is 177 Å². The minimum absolute atomic E-state index is 0.0511. The number of hydrogen-bond donors (Lipinski definition) is 3. The molecule has 3 amide bonds. The van der Waals surface area contributed by atoms with E-state index in [2.05, 4.69) is 94.2 Å². The Bertz CT molecular complexity index is 8020. The van der Waals surface area contributed by atoms with Crippen LogP contribution in [0, 0.1) is 38.2 Å². The molecule has 29 nitrogen and oxygen atoms in total. The smallest absolute Gasteiger partial charge is 0.300 e. The molecular formula is C109H113Cl3F3N21O8. The third kappa shape index (κ3) is 16.1. The summed E-state index contributed by atoms with van der Waals surface area (Å²) in [6, 6.07) is 15.1. The van der Waals surface area contributed by atoms with Gasteiger partial charge >= 0.3 is 0 Å². The van der Waals surface area contributed by atoms with E-state index in [-0.39, 0.29) is 163 Å². The first-order valence-electron chi connectivity index (χ1n) is 48.8. The van der Waals surface area contributed by atoms with Crippen molar-refractivity contribution in [3.8, 4) is 61.9 Å². The highest BCUT2D eigenvalue weighted by Gasteiger charge is 2.47. The fourth-order valence-corrected chi connectivity index (χ4v) is 23.2. The largest absolute Gasteiger partial charge is 0.486 e. The second kappa shape index (κ2) is 38.2. The van der Waals surface area contributed by atoms with Crippen LogP contribution < -0.4 is 40.9 Å². The predicted octanol–water partition coefficient (Wildman–Crippen LogP) is 20.5. The SMILES string of the molecule is C=CC(=O)N1CC2CCOc3c(c4cc(Cl)c(-c5c(C)ccc6[nH]cnc56)c(F)c4n(-c4c(C(C)C)ncnc4C(C)C)c3=O)N2CC1C.C=CC(=O)N1CC2COc3c(c4cc(F)c(-c5c(C)ccc6[nH]cnc56)c(Cl)c4n(-c4c(C(C)C)ncnc4C(C)C)c3=O)N2CC1C.C=CC(=O)N1CC2Cc3c(c4cc(Cl)c(-c5c(C)ccc6[nH]cnc56)c(F)c4n(-c4c(C(C)C)ncnc4C(C)C)c3=O)N2CC1C. The summed E-state index contributed by atoms with van der Waals surface area (Å²) in [7, 11) is 0. The van der Waals surface area contributed by atoms with Crippen LogP contribution in [-0.2, 0) is 20.8 Å². The highest BCUT2D eigenvalue weighted by molar-refractivity contribution is 6.39. The van der Waals surface area contributed by atoms with E-state index in [0.29, 0.717) is 181 Å². The van der Waals surface area contributed by atoms with Gasteiger partial charge < -0.3 is 53.8 Å². The van der Waals surface area contributed by atoms with Gasteiger partial charge in [0.15, 0.2) is 11.6 Å². The Balaban J connectivity index is 0.000000137. The molecule has 0 saturated carbocycles. The zero-order valence-electron chi connectivity index (χ0n) is 83.6. The van der Waals surface area contributed by atoms with Gasteiger partial charge in [-0.25, -0.2) is 58.0 Å². The summed E-state index contributed by atoms with van der Waals surface area (Å²) in [5, 5.41) is 1.81. The fraction of sp³-hybridized carbons (Fsp3) is 0.367. The molecular weight excluding hydrogens is 1890 g/mol. The highest BCUT2D eigenvalue weighted by Crippen LogP contribution is 2.53. The predicted molar refractivity (Wildman–Crippen MR) is 561 cm³/mol. The standard InChI is InChI=1S/C37H39ClFN7O3.C36H37ClFN7O3.C36H37ClFN7O2/c1-8-26(47)44-15-22-11-12-49-36-34(45(22)14-21(44)7)23-13-24(38)28(27-20(6)9-10-25-32(27)43-16-40-25)29(39)33(23)46(37(36)48)35-30(18(2)3)41-17-42-31(35)19(4)5;1-8-25(46)43-13-21-14-48-35-33(44(21)12-20(43)7)22-11-23(38)27(26-19(6)9-10-24-31(26)42-15-39-24)28(37)32(22)45(36(35)47)34-29(17(2)3)40-16-41-30(34)18(4)5;1-8-26(46)43-14-21-11-23-33(44(21)13-20(43)7)22-12-24(37)28(27-19(6)9-10-25-32(27)42-15-39-25)29(38)34(22)45(36(23)47)35-30(17(2)3)40-16-41-31(35)18(4)5/h8-10,13,16-19,21-22H,1,11-12,14-15H2,2-7H3,(H,40,43);8-11,15-18,20-21H,1,12-14H2,2-7H3,(H,39,42);8-10,12,15-18,20-21H,1,11,13-14H2,2-7H3,(H,39,42). The van der Waals surface area contributed by atoms with Gasteiger partial charge in [0.25, 0.3) is 16.7 Å². The maximum atomic E-state index is 18.0. The molecule has 744 valence electrons. The summed E-state index contributed by atoms with van der Waals surface area (Å²) in [6.07, 6.45) is 14.1. The number of pyridine rings is 3. The molecule has 9 aromatic heterocycles. The Morgan fingerprint density at radius 3 is 1.13 bits per heavy atom. The van der Waals surface area contributed by atoms with Crippen molar-refractivity contribution in [1.82, 2.24) is 88.2 Å². The molecule has 3 N–H and O–H groups in total. The minimum atomic E-state index is -0.663. The molecule has 3 saturated heterocycles. The van der Waals surface area contributed by atoms with Gasteiger partial charge in [0.1, 0.15) is 31.4 Å². The first-order chi connectivity index (χ1) is 68.8. The Morgan fingerprint density at radius 1 is 0.410 bits per heavy atom. The fourth-order valence-electron chi connectivity index (χ4n) is 22.2. The summed E-state index contributed by atoms with van der Waals surface area (Å²) in [5.41, 5.74) is 15.0. The van der Waals surface area contributed by atoms with E-state index in [0.717, 1.165) is 33.2 Å². The van der Waals surface area contributed by atoms with E-state index < -0.39 is 28.6 Å². The lowest BCUT2D eigenvalue weighted by Crippen LogP contribution is -2.62. The number of imidazole rings is 3. The van der Waals surface area contributed by atoms with Gasteiger partial charge in [-0.2, -0.15) is 0 Å². The number of hydrogen-bond acceptors (Lipinski definition) is 20. The van der Waals surface area contributed by atoms with Crippen LogP contribution >= 0.6 is 34.8 Å². The molecule has 21 rings (SSSR count). The number of nitrogens with zero attached hydrogens (tertiary/aromatic N) is 18. The number of halogens is 6. The van der Waals surface area contributed by atoms with E-state index in [1.807, 2.05) is 161 Å². The monoisotopic (exact) mass is 2010 g/mol. The number of aromatic amines is 3. The zero-order chi connectivity index (χ0) is 103. The molecule has 6 unspecified atom stereocenters. The molecule has 0 radical (unpaired) electrons. The summed E-state index contributed by atoms with van der Waals surface area (Å²) >= 11 is 21.7. The van der Waals surface area contributed by atoms with Gasteiger partial charge in [0, 0.05) is 125 Å². The van der Waals surface area contributed by atoms with Crippen LogP contribution in [0.1, 0.15) is 202 Å². The lowest BCUT2D eigenvalue weighted by molar-refractivity contribution is -0.129. The number of H-pyrrole nitrogens is 3. The number of carbonyl (C=O) groups excluding carboxylic acids is 3. The van der Waals surface area contributed by atoms with Gasteiger partial charge in [0.2, 0.25) is 29.2 Å². The number of aryl methyl sites for hydroxylation is 3. The van der Waals surface area contributed by atoms with Crippen LogP contribution in [0.4, 0.5) is 30.2 Å². The number of anilines is 3. The van der Waals surface area contributed by atoms with Crippen molar-refractivity contribution >= 4 is 135 Å². The molecule has 6 atom stereocenters. The molecule has 144 heavy (non-hydrogen) atoms. The third-order valence-electron chi connectivity index (χ3n) is 29.0. The normalized spacial score (nSPS) is 17.7. The quantitative estimate of drug-likeness (QED) is 0.0803. The van der Waals surface area contributed by atoms with Crippen molar-refractivity contribution in [2.45, 2.75) is 209 Å². The molecule has 0 bridgehead atoms. The molecule has 0 spiro atoms. The lowest BCUT2D eigenvalue weighted by Gasteiger charge is -2.48. The third-order valence-corrected chi connectivity index (χ3v) is 30.0. The number of nitrogens with one attached hydrogen (secondary N) is 3. The van der Waals surface area contributed by atoms with Crippen molar-refractivity contribution in [2.24, 2.45) is 0 Å². The number of ether oxygens (including phenoxy) is 2. The molecule has 0 aliphatic carbocycles. The average molecular weight is 2010 g/mol. The second-order valence-electron chi connectivity index (χ2n) is 40.2. The second-order valence-corrected chi connectivity index (χ2v) is 41.4. The maximum absolute atomic E-state index is 18.0. The van der Waals surface area contributed by atoms with E-state index in [9.17, 15) is 19.2 Å². The van der Waals surface area contributed by atoms with E-state index >= 15 is 22.8 Å². The number of piperazine rings is 3. The molecule has 35 heteroatoms. The molecule has 3 fully saturated rings. The van der Waals surface area contributed by atoms with E-state index in [1.165, 1.54) is 57.0 Å². The van der Waals surface area contributed by atoms with Gasteiger partial charge in [-0.05, 0) is 148 Å². The Hall–Kier alpha value is -14.1. The number of fused-ring (bicyclic) bond motifs is 18. The van der Waals surface area contributed by atoms with Crippen molar-refractivity contribution in [3.05, 3.63) is 251 Å². The number of aromatic nitrogens is 15. The van der Waals surface area contributed by atoms with Crippen LogP contribution in [0.3, 0.4) is 0 Å². The molecule has 6 aromatic carbocycles. The summed E-state index contributed by atoms with van der Waals surface area (Å²) in [4.78, 5) is 146. The van der Waals surface area contributed by atoms with E-state index in [1.54, 1.807) is 45.8 Å². The molecule has 6 aliphatic heterocycles. The summed E-state index contributed by atoms with van der Waals surface area (Å²) in [6.45, 7) is 49.4. The Kier molecular flexibility index (Phi) is 26.2. The van der Waals surface area contributed by atoms with Crippen molar-refractivity contribution < 1.29 is 37.0 Å². The average Bonchev–Trinajstić information content (AvgIpc) is 1.17. The van der Waals surface area contributed by atoms with Crippen LogP contribution in [0.5, 0.6) is 11.5 Å². The molecule has 15 heterocycles. The Labute approximate surface area is 844 Å². The van der Waals surface area contributed by atoms with Crippen molar-refractivity contribution in [1.29, 1.82) is 0 Å². The van der Waals surface area contributed by atoms with Crippen molar-refractivity contribution in [3.63, 3.8) is 0 Å². The zero-order valence-corrected chi connectivity index (χ0v) is 85.9. The van der Waals surface area contributed by atoms with E-state index in [4.69, 9.17) is 44.3 Å². The minimum Gasteiger partial charge on any atom is -0.486 e. The topological polar surface area (TPSA) is 318 Å². The maximum Gasteiger partial charge on any atom is 0.300 e. The number of carbonyl (C=O) groups is 3. The number of rotatable bonds is 15. The van der Waals surface area contributed by atoms with Crippen molar-refractivity contribution in [2.75, 3.05) is 67.2 Å². The van der Waals surface area contributed by atoms with Crippen LogP contribution in [0.25, 0.3) is 116 Å². The molecule has 15 aromatic rings. The summed E-state index contributed by atoms with van der Waals surface area (Å²) in [5.74, 6) is -2.70. The first kappa shape index (κ1) is 98.7. The van der Waals surface area contributed by atoms with Gasteiger partial charge in [-0.15, -0.1) is 0 Å². The lowest BCUT2D eigenvalue weighted by atomic mass is 9.94. The number of benzene rings is 6. The van der Waals surface area contributed by atoms with Gasteiger partial charge in [-0.3, -0.25) is 42.5 Å². The van der Waals surface area contributed by atoms with Crippen LogP contribution in [0.15, 0.2) is 145 Å². The Morgan fingerprint density at radius 2 is 0.743 bits per heavy atom. The number of amides is 3. The van der Waals surface area contributed by atoms with Crippen LogP contribution in [0.2, 0.25) is 15.1 Å².